The fourth-order valence-electron chi connectivity index (χ4n) is 2.42. The number of rotatable bonds is 11. The molecule has 0 radical (unpaired) electrons. The van der Waals surface area contributed by atoms with E-state index in [0.717, 1.165) is 35.7 Å². The molecule has 0 saturated heterocycles. The van der Waals surface area contributed by atoms with Gasteiger partial charge in [-0.15, -0.1) is 0 Å². The highest BCUT2D eigenvalue weighted by molar-refractivity contribution is 6.31. The minimum Gasteiger partial charge on any atom is -0.494 e. The van der Waals surface area contributed by atoms with E-state index in [1.165, 1.54) is 19.3 Å². The lowest BCUT2D eigenvalue weighted by molar-refractivity contribution is -0.121. The lowest BCUT2D eigenvalue weighted by atomic mass is 9.99. The maximum absolute atomic E-state index is 11.9. The molecule has 1 rings (SSSR count). The van der Waals surface area contributed by atoms with Crippen LogP contribution < -0.4 is 10.1 Å². The Bertz CT molecular complexity index is 476. The Morgan fingerprint density at radius 1 is 1.30 bits per heavy atom. The summed E-state index contributed by atoms with van der Waals surface area (Å²) in [4.78, 5) is 11.9. The van der Waals surface area contributed by atoms with E-state index in [-0.39, 0.29) is 5.91 Å². The molecule has 0 fully saturated rings. The van der Waals surface area contributed by atoms with Crippen LogP contribution in [0.1, 0.15) is 57.9 Å². The predicted molar refractivity (Wildman–Crippen MR) is 97.2 cm³/mol. The third-order valence-electron chi connectivity index (χ3n) is 4.08. The molecular formula is C19H30ClNO2. The van der Waals surface area contributed by atoms with Gasteiger partial charge in [-0.05, 0) is 49.4 Å². The SMILES string of the molecule is CCCC[C@H](CC)CNC(=O)CCCOc1ccc(Cl)c(C)c1. The minimum atomic E-state index is 0.121. The van der Waals surface area contributed by atoms with Crippen LogP contribution in [-0.2, 0) is 4.79 Å². The number of benzene rings is 1. The quantitative estimate of drug-likeness (QED) is 0.567. The molecule has 3 nitrogen and oxygen atoms in total. The number of hydrogen-bond acceptors (Lipinski definition) is 2. The smallest absolute Gasteiger partial charge is 0.220 e. The number of halogens is 1. The number of amides is 1. The van der Waals surface area contributed by atoms with Crippen molar-refractivity contribution >= 4 is 17.5 Å². The Hall–Kier alpha value is -1.22. The molecule has 0 aliphatic heterocycles. The lowest BCUT2D eigenvalue weighted by Gasteiger charge is -2.15. The van der Waals surface area contributed by atoms with Crippen molar-refractivity contribution in [2.45, 2.75) is 59.3 Å². The highest BCUT2D eigenvalue weighted by Gasteiger charge is 2.08. The Kier molecular flexibility index (Phi) is 9.77. The molecule has 1 aromatic rings. The fraction of sp³-hybridized carbons (Fsp3) is 0.632. The zero-order chi connectivity index (χ0) is 17.1. The summed E-state index contributed by atoms with van der Waals surface area (Å²) < 4.78 is 5.65. The molecule has 0 saturated carbocycles. The van der Waals surface area contributed by atoms with Crippen LogP contribution in [0.15, 0.2) is 18.2 Å². The highest BCUT2D eigenvalue weighted by Crippen LogP contribution is 2.21. The van der Waals surface area contributed by atoms with Crippen LogP contribution >= 0.6 is 11.6 Å². The zero-order valence-electron chi connectivity index (χ0n) is 14.7. The number of hydrogen-bond donors (Lipinski definition) is 1. The molecule has 1 aromatic carbocycles. The van der Waals surface area contributed by atoms with Crippen molar-refractivity contribution < 1.29 is 9.53 Å². The number of unbranched alkanes of at least 4 members (excludes halogenated alkanes) is 1. The van der Waals surface area contributed by atoms with Crippen LogP contribution in [0.3, 0.4) is 0 Å². The molecule has 0 aliphatic rings. The number of carbonyl (C=O) groups excluding carboxylic acids is 1. The molecule has 23 heavy (non-hydrogen) atoms. The van der Waals surface area contributed by atoms with E-state index in [9.17, 15) is 4.79 Å². The van der Waals surface area contributed by atoms with Crippen LogP contribution in [0.2, 0.25) is 5.02 Å². The Balaban J connectivity index is 2.17. The second-order valence-corrected chi connectivity index (χ2v) is 6.49. The van der Waals surface area contributed by atoms with Crippen LogP contribution in [0.25, 0.3) is 0 Å². The summed E-state index contributed by atoms with van der Waals surface area (Å²) in [5.41, 5.74) is 1.000. The van der Waals surface area contributed by atoms with Gasteiger partial charge in [-0.1, -0.05) is 44.7 Å². The monoisotopic (exact) mass is 339 g/mol. The van der Waals surface area contributed by atoms with Crippen LogP contribution in [0.4, 0.5) is 0 Å². The minimum absolute atomic E-state index is 0.121. The molecule has 1 N–H and O–H groups in total. The largest absolute Gasteiger partial charge is 0.494 e. The number of nitrogens with one attached hydrogen (secondary N) is 1. The average Bonchev–Trinajstić information content (AvgIpc) is 2.55. The van der Waals surface area contributed by atoms with Crippen molar-refractivity contribution in [1.82, 2.24) is 5.32 Å². The summed E-state index contributed by atoms with van der Waals surface area (Å²) >= 11 is 5.98. The Morgan fingerprint density at radius 3 is 2.74 bits per heavy atom. The van der Waals surface area contributed by atoms with E-state index in [2.05, 4.69) is 19.2 Å². The third-order valence-corrected chi connectivity index (χ3v) is 4.50. The summed E-state index contributed by atoms with van der Waals surface area (Å²) in [7, 11) is 0. The van der Waals surface area contributed by atoms with E-state index in [4.69, 9.17) is 16.3 Å². The average molecular weight is 340 g/mol. The maximum Gasteiger partial charge on any atom is 0.220 e. The van der Waals surface area contributed by atoms with Crippen LogP contribution in [0.5, 0.6) is 5.75 Å². The lowest BCUT2D eigenvalue weighted by Crippen LogP contribution is -2.29. The topological polar surface area (TPSA) is 38.3 Å². The standard InChI is InChI=1S/C19H30ClNO2/c1-4-6-8-16(5-2)14-21-19(22)9-7-12-23-17-10-11-18(20)15(3)13-17/h10-11,13,16H,4-9,12,14H2,1-3H3,(H,21,22)/t16-/m0/s1. The molecule has 0 unspecified atom stereocenters. The first-order valence-corrected chi connectivity index (χ1v) is 9.10. The van der Waals surface area contributed by atoms with Gasteiger partial charge in [0.15, 0.2) is 0 Å². The molecule has 0 heterocycles. The van der Waals surface area contributed by atoms with Gasteiger partial charge >= 0.3 is 0 Å². The van der Waals surface area contributed by atoms with Crippen molar-refractivity contribution in [1.29, 1.82) is 0 Å². The first-order chi connectivity index (χ1) is 11.1. The maximum atomic E-state index is 11.9. The van der Waals surface area contributed by atoms with Gasteiger partial charge in [0.05, 0.1) is 6.61 Å². The van der Waals surface area contributed by atoms with E-state index >= 15 is 0 Å². The predicted octanol–water partition coefficient (Wildman–Crippen LogP) is 5.14. The van der Waals surface area contributed by atoms with Gasteiger partial charge in [-0.2, -0.15) is 0 Å². The first-order valence-electron chi connectivity index (χ1n) is 8.72. The summed E-state index contributed by atoms with van der Waals surface area (Å²) in [5, 5.41) is 3.79. The van der Waals surface area contributed by atoms with Gasteiger partial charge in [-0.25, -0.2) is 0 Å². The second-order valence-electron chi connectivity index (χ2n) is 6.08. The van der Waals surface area contributed by atoms with E-state index in [0.29, 0.717) is 18.9 Å². The van der Waals surface area contributed by atoms with Crippen LogP contribution in [-0.4, -0.2) is 19.1 Å². The molecule has 130 valence electrons. The van der Waals surface area contributed by atoms with Crippen molar-refractivity contribution in [2.75, 3.05) is 13.2 Å². The van der Waals surface area contributed by atoms with Gasteiger partial charge in [0.2, 0.25) is 5.91 Å². The second kappa shape index (κ2) is 11.3. The van der Waals surface area contributed by atoms with E-state index in [1.54, 1.807) is 0 Å². The zero-order valence-corrected chi connectivity index (χ0v) is 15.4. The number of carbonyl (C=O) groups is 1. The summed E-state index contributed by atoms with van der Waals surface area (Å²) in [6.07, 6.45) is 6.01. The van der Waals surface area contributed by atoms with Gasteiger partial charge < -0.3 is 10.1 Å². The van der Waals surface area contributed by atoms with Gasteiger partial charge in [-0.3, -0.25) is 4.79 Å². The fourth-order valence-corrected chi connectivity index (χ4v) is 2.54. The van der Waals surface area contributed by atoms with Crippen molar-refractivity contribution in [3.05, 3.63) is 28.8 Å². The first kappa shape index (κ1) is 19.8. The molecule has 1 atom stereocenters. The molecule has 4 heteroatoms. The van der Waals surface area contributed by atoms with Gasteiger partial charge in [0.25, 0.3) is 0 Å². The molecule has 0 aliphatic carbocycles. The Morgan fingerprint density at radius 2 is 2.09 bits per heavy atom. The molecule has 0 aromatic heterocycles. The number of ether oxygens (including phenoxy) is 1. The van der Waals surface area contributed by atoms with Crippen molar-refractivity contribution in [2.24, 2.45) is 5.92 Å². The summed E-state index contributed by atoms with van der Waals surface area (Å²) in [5.74, 6) is 1.53. The van der Waals surface area contributed by atoms with E-state index in [1.807, 2.05) is 25.1 Å². The van der Waals surface area contributed by atoms with Crippen molar-refractivity contribution in [3.63, 3.8) is 0 Å². The Labute approximate surface area is 145 Å². The molecule has 1 amide bonds. The normalized spacial score (nSPS) is 12.0. The molecule has 0 bridgehead atoms. The highest BCUT2D eigenvalue weighted by atomic mass is 35.5. The van der Waals surface area contributed by atoms with E-state index < -0.39 is 0 Å². The third kappa shape index (κ3) is 8.26. The summed E-state index contributed by atoms with van der Waals surface area (Å²) in [6, 6.07) is 5.61. The van der Waals surface area contributed by atoms with Gasteiger partial charge in [0.1, 0.15) is 5.75 Å². The number of aryl methyl sites for hydroxylation is 1. The van der Waals surface area contributed by atoms with Gasteiger partial charge in [0, 0.05) is 18.0 Å². The molecular weight excluding hydrogens is 310 g/mol. The molecule has 0 spiro atoms. The van der Waals surface area contributed by atoms with Crippen LogP contribution in [0, 0.1) is 12.8 Å². The van der Waals surface area contributed by atoms with Crippen molar-refractivity contribution in [3.8, 4) is 5.75 Å². The summed E-state index contributed by atoms with van der Waals surface area (Å²) in [6.45, 7) is 7.68.